The molecule has 2 aromatic carbocycles. The Hall–Kier alpha value is -2.73. The molecule has 1 aromatic heterocycles. The molecule has 0 amide bonds. The molecule has 4 rings (SSSR count). The van der Waals surface area contributed by atoms with Crippen molar-refractivity contribution in [1.82, 2.24) is 9.47 Å². The van der Waals surface area contributed by atoms with Crippen molar-refractivity contribution in [3.63, 3.8) is 0 Å². The molecule has 134 valence electrons. The molecular formula is C20H19FN2O3. The average Bonchev–Trinajstić information content (AvgIpc) is 2.97. The molecule has 0 aliphatic carbocycles. The van der Waals surface area contributed by atoms with Crippen molar-refractivity contribution in [2.75, 3.05) is 13.1 Å². The monoisotopic (exact) mass is 354 g/mol. The molecule has 1 aliphatic rings. The number of fused-ring (bicyclic) bond motifs is 1. The van der Waals surface area contributed by atoms with Crippen LogP contribution in [0.2, 0.25) is 0 Å². The Morgan fingerprint density at radius 1 is 1.08 bits per heavy atom. The van der Waals surface area contributed by atoms with Crippen LogP contribution in [0.1, 0.15) is 35.2 Å². The minimum Gasteiger partial charge on any atom is -0.408 e. The van der Waals surface area contributed by atoms with Gasteiger partial charge in [-0.05, 0) is 56.3 Å². The first kappa shape index (κ1) is 16.7. The molecule has 0 bridgehead atoms. The van der Waals surface area contributed by atoms with Gasteiger partial charge in [-0.25, -0.2) is 9.18 Å². The molecule has 0 N–H and O–H groups in total. The third-order valence-corrected chi connectivity index (χ3v) is 4.84. The van der Waals surface area contributed by atoms with Crippen molar-refractivity contribution >= 4 is 16.9 Å². The number of benzene rings is 2. The highest BCUT2D eigenvalue weighted by Gasteiger charge is 2.18. The van der Waals surface area contributed by atoms with Gasteiger partial charge in [0.25, 0.3) is 0 Å². The molecule has 2 heterocycles. The SMILES string of the molecule is O=C(c1ccc2c(c1)oc(=O)n2CN1CCCCC1)c1ccccc1F. The van der Waals surface area contributed by atoms with Gasteiger partial charge in [-0.3, -0.25) is 14.3 Å². The lowest BCUT2D eigenvalue weighted by Gasteiger charge is -2.26. The van der Waals surface area contributed by atoms with Crippen molar-refractivity contribution in [3.8, 4) is 0 Å². The largest absolute Gasteiger partial charge is 0.421 e. The van der Waals surface area contributed by atoms with Crippen LogP contribution in [0.15, 0.2) is 51.7 Å². The van der Waals surface area contributed by atoms with Crippen LogP contribution < -0.4 is 5.76 Å². The lowest BCUT2D eigenvalue weighted by molar-refractivity contribution is 0.103. The van der Waals surface area contributed by atoms with Crippen molar-refractivity contribution in [2.24, 2.45) is 0 Å². The summed E-state index contributed by atoms with van der Waals surface area (Å²) in [5.41, 5.74) is 1.28. The van der Waals surface area contributed by atoms with Gasteiger partial charge in [0.1, 0.15) is 5.82 Å². The third-order valence-electron chi connectivity index (χ3n) is 4.84. The number of piperidine rings is 1. The smallest absolute Gasteiger partial charge is 0.408 e. The van der Waals surface area contributed by atoms with Crippen LogP contribution in [0.25, 0.3) is 11.1 Å². The zero-order chi connectivity index (χ0) is 18.1. The van der Waals surface area contributed by atoms with E-state index in [1.165, 1.54) is 30.7 Å². The molecular weight excluding hydrogens is 335 g/mol. The Morgan fingerprint density at radius 2 is 1.85 bits per heavy atom. The maximum Gasteiger partial charge on any atom is 0.421 e. The van der Waals surface area contributed by atoms with E-state index in [4.69, 9.17) is 4.42 Å². The van der Waals surface area contributed by atoms with Crippen LogP contribution >= 0.6 is 0 Å². The van der Waals surface area contributed by atoms with Gasteiger partial charge in [0, 0.05) is 5.56 Å². The second kappa shape index (κ2) is 6.88. The Labute approximate surface area is 149 Å². The number of halogens is 1. The minimum absolute atomic E-state index is 0.00180. The summed E-state index contributed by atoms with van der Waals surface area (Å²) in [5.74, 6) is -1.45. The first-order chi connectivity index (χ1) is 12.6. The standard InChI is InChI=1S/C20H19FN2O3/c21-16-7-3-2-6-15(16)19(24)14-8-9-17-18(12-14)26-20(25)23(17)13-22-10-4-1-5-11-22/h2-3,6-9,12H,1,4-5,10-11,13H2. The Kier molecular flexibility index (Phi) is 4.42. The van der Waals surface area contributed by atoms with Crippen LogP contribution in [0.3, 0.4) is 0 Å². The zero-order valence-corrected chi connectivity index (χ0v) is 14.3. The number of nitrogens with zero attached hydrogens (tertiary/aromatic N) is 2. The maximum atomic E-state index is 13.9. The van der Waals surface area contributed by atoms with Crippen LogP contribution in [-0.4, -0.2) is 28.3 Å². The number of aromatic nitrogens is 1. The number of likely N-dealkylation sites (tertiary alicyclic amines) is 1. The van der Waals surface area contributed by atoms with Gasteiger partial charge in [-0.1, -0.05) is 18.6 Å². The quantitative estimate of drug-likeness (QED) is 0.674. The molecule has 0 saturated carbocycles. The van der Waals surface area contributed by atoms with Crippen LogP contribution in [0.5, 0.6) is 0 Å². The van der Waals surface area contributed by atoms with E-state index >= 15 is 0 Å². The summed E-state index contributed by atoms with van der Waals surface area (Å²) >= 11 is 0. The summed E-state index contributed by atoms with van der Waals surface area (Å²) < 4.78 is 20.8. The molecule has 5 nitrogen and oxygen atoms in total. The Morgan fingerprint density at radius 3 is 2.62 bits per heavy atom. The van der Waals surface area contributed by atoms with Gasteiger partial charge in [-0.15, -0.1) is 0 Å². The van der Waals surface area contributed by atoms with E-state index in [1.807, 2.05) is 0 Å². The predicted molar refractivity (Wildman–Crippen MR) is 95.7 cm³/mol. The molecule has 0 unspecified atom stereocenters. The summed E-state index contributed by atoms with van der Waals surface area (Å²) in [6, 6.07) is 10.7. The van der Waals surface area contributed by atoms with Gasteiger partial charge in [0.05, 0.1) is 17.7 Å². The summed E-state index contributed by atoms with van der Waals surface area (Å²) in [6.45, 7) is 2.40. The highest BCUT2D eigenvalue weighted by atomic mass is 19.1. The van der Waals surface area contributed by atoms with Crippen LogP contribution in [0, 0.1) is 5.82 Å². The molecule has 1 saturated heterocycles. The first-order valence-electron chi connectivity index (χ1n) is 8.78. The van der Waals surface area contributed by atoms with Gasteiger partial charge in [-0.2, -0.15) is 0 Å². The lowest BCUT2D eigenvalue weighted by atomic mass is 10.0. The summed E-state index contributed by atoms with van der Waals surface area (Å²) in [7, 11) is 0. The number of hydrogen-bond acceptors (Lipinski definition) is 4. The van der Waals surface area contributed by atoms with E-state index in [1.54, 1.807) is 22.8 Å². The number of carbonyl (C=O) groups excluding carboxylic acids is 1. The number of hydrogen-bond donors (Lipinski definition) is 0. The number of oxazole rings is 1. The highest BCUT2D eigenvalue weighted by molar-refractivity contribution is 6.10. The van der Waals surface area contributed by atoms with Gasteiger partial charge < -0.3 is 4.42 Å². The van der Waals surface area contributed by atoms with E-state index in [9.17, 15) is 14.0 Å². The maximum absolute atomic E-state index is 13.9. The fraction of sp³-hybridized carbons (Fsp3) is 0.300. The Bertz CT molecular complexity index is 1020. The number of rotatable bonds is 4. The fourth-order valence-electron chi connectivity index (χ4n) is 3.44. The first-order valence-corrected chi connectivity index (χ1v) is 8.78. The van der Waals surface area contributed by atoms with Crippen LogP contribution in [-0.2, 0) is 6.67 Å². The Balaban J connectivity index is 1.67. The number of carbonyl (C=O) groups is 1. The summed E-state index contributed by atoms with van der Waals surface area (Å²) in [4.78, 5) is 27.0. The third kappa shape index (κ3) is 3.08. The minimum atomic E-state index is -0.568. The van der Waals surface area contributed by atoms with Gasteiger partial charge in [0.15, 0.2) is 11.4 Å². The molecule has 0 atom stereocenters. The van der Waals surface area contributed by atoms with Crippen molar-refractivity contribution in [1.29, 1.82) is 0 Å². The van der Waals surface area contributed by atoms with Gasteiger partial charge >= 0.3 is 5.76 Å². The van der Waals surface area contributed by atoms with E-state index < -0.39 is 17.4 Å². The molecule has 26 heavy (non-hydrogen) atoms. The van der Waals surface area contributed by atoms with E-state index in [0.717, 1.165) is 25.9 Å². The molecule has 6 heteroatoms. The molecule has 3 aromatic rings. The molecule has 1 fully saturated rings. The predicted octanol–water partition coefficient (Wildman–Crippen LogP) is 3.41. The molecule has 0 radical (unpaired) electrons. The lowest BCUT2D eigenvalue weighted by Crippen LogP contribution is -2.34. The topological polar surface area (TPSA) is 55.5 Å². The normalized spacial score (nSPS) is 15.4. The molecule has 1 aliphatic heterocycles. The highest BCUT2D eigenvalue weighted by Crippen LogP contribution is 2.20. The van der Waals surface area contributed by atoms with E-state index in [2.05, 4.69) is 4.90 Å². The number of ketones is 1. The fourth-order valence-corrected chi connectivity index (χ4v) is 3.44. The van der Waals surface area contributed by atoms with Gasteiger partial charge in [0.2, 0.25) is 0 Å². The molecule has 0 spiro atoms. The second-order valence-electron chi connectivity index (χ2n) is 6.61. The average molecular weight is 354 g/mol. The van der Waals surface area contributed by atoms with E-state index in [-0.39, 0.29) is 5.56 Å². The van der Waals surface area contributed by atoms with Crippen molar-refractivity contribution in [2.45, 2.75) is 25.9 Å². The van der Waals surface area contributed by atoms with E-state index in [0.29, 0.717) is 23.3 Å². The van der Waals surface area contributed by atoms with Crippen LogP contribution in [0.4, 0.5) is 4.39 Å². The van der Waals surface area contributed by atoms with Crippen molar-refractivity contribution < 1.29 is 13.6 Å². The van der Waals surface area contributed by atoms with Crippen molar-refractivity contribution in [3.05, 3.63) is 70.0 Å². The second-order valence-corrected chi connectivity index (χ2v) is 6.61. The summed E-state index contributed by atoms with van der Waals surface area (Å²) in [5, 5.41) is 0. The summed E-state index contributed by atoms with van der Waals surface area (Å²) in [6.07, 6.45) is 3.48. The zero-order valence-electron chi connectivity index (χ0n) is 14.3.